The van der Waals surface area contributed by atoms with Crippen molar-refractivity contribution < 1.29 is 19.2 Å². The van der Waals surface area contributed by atoms with Crippen LogP contribution in [0.15, 0.2) is 24.3 Å². The van der Waals surface area contributed by atoms with Crippen molar-refractivity contribution in [3.05, 3.63) is 35.4 Å². The molecule has 4 amide bonds. The molecule has 1 aliphatic heterocycles. The fourth-order valence-electron chi connectivity index (χ4n) is 4.25. The number of carbonyl (C=O) groups is 4. The summed E-state index contributed by atoms with van der Waals surface area (Å²) in [4.78, 5) is 46.5. The van der Waals surface area contributed by atoms with Gasteiger partial charge in [0.25, 0.3) is 5.91 Å². The van der Waals surface area contributed by atoms with Gasteiger partial charge in [-0.1, -0.05) is 64.2 Å². The second kappa shape index (κ2) is 19.3. The van der Waals surface area contributed by atoms with Gasteiger partial charge in [0.1, 0.15) is 0 Å². The normalized spacial score (nSPS) is 14.6. The molecule has 1 aliphatic rings. The zero-order valence-electron chi connectivity index (χ0n) is 21.8. The van der Waals surface area contributed by atoms with Crippen LogP contribution in [0.4, 0.5) is 0 Å². The van der Waals surface area contributed by atoms with Crippen molar-refractivity contribution in [3.8, 4) is 0 Å². The number of amides is 4. The smallest absolute Gasteiger partial charge is 0.253 e. The molecule has 1 aromatic carbocycles. The van der Waals surface area contributed by atoms with Gasteiger partial charge in [-0.15, -0.1) is 0 Å². The van der Waals surface area contributed by atoms with Crippen molar-refractivity contribution in [1.29, 1.82) is 0 Å². The number of nitrogens with two attached hydrogens (primary N) is 3. The van der Waals surface area contributed by atoms with Crippen LogP contribution >= 0.6 is 0 Å². The summed E-state index contributed by atoms with van der Waals surface area (Å²) in [6, 6.07) is 6.66. The van der Waals surface area contributed by atoms with E-state index in [1.54, 1.807) is 24.3 Å². The van der Waals surface area contributed by atoms with Crippen LogP contribution in [0.3, 0.4) is 0 Å². The number of nitrogens with zero attached hydrogens (tertiary/aromatic N) is 1. The Kier molecular flexibility index (Phi) is 16.7. The summed E-state index contributed by atoms with van der Waals surface area (Å²) in [5.41, 5.74) is 16.3. The lowest BCUT2D eigenvalue weighted by Gasteiger charge is -2.22. The third kappa shape index (κ3) is 15.2. The Morgan fingerprint density at radius 1 is 0.556 bits per heavy atom. The Labute approximate surface area is 216 Å². The van der Waals surface area contributed by atoms with Gasteiger partial charge in [0, 0.05) is 37.1 Å². The molecule has 0 aliphatic carbocycles. The fraction of sp³-hybridized carbons (Fsp3) is 0.643. The molecular formula is C28H46N4O4. The predicted octanol–water partition coefficient (Wildman–Crippen LogP) is 4.44. The zero-order chi connectivity index (χ0) is 26.6. The van der Waals surface area contributed by atoms with Crippen molar-refractivity contribution >= 4 is 23.6 Å². The maximum atomic E-state index is 12.6. The topological polar surface area (TPSA) is 150 Å². The minimum Gasteiger partial charge on any atom is -0.370 e. The van der Waals surface area contributed by atoms with E-state index in [-0.39, 0.29) is 17.7 Å². The summed E-state index contributed by atoms with van der Waals surface area (Å²) in [7, 11) is 0. The summed E-state index contributed by atoms with van der Waals surface area (Å²) in [6.07, 6.45) is 16.8. The van der Waals surface area contributed by atoms with Gasteiger partial charge in [-0.25, -0.2) is 0 Å². The molecule has 8 nitrogen and oxygen atoms in total. The maximum Gasteiger partial charge on any atom is 0.253 e. The van der Waals surface area contributed by atoms with E-state index < -0.39 is 5.91 Å². The first-order chi connectivity index (χ1) is 17.3. The Hall–Kier alpha value is -2.90. The lowest BCUT2D eigenvalue weighted by molar-refractivity contribution is -0.119. The second-order valence-electron chi connectivity index (χ2n) is 9.62. The standard InChI is InChI=1S/C18H26N2O2.C10H20N2O2/c19-17(21)15-9-11-16(12-10-15)18(22)20-13-7-5-3-1-2-4-6-8-14-20;11-9(13)7-5-3-1-2-4-6-8-10(12)14/h9-12H,1-8,13-14H2,(H2,19,21);1-8H2,(H2,11,13)(H2,12,14). The molecule has 1 fully saturated rings. The van der Waals surface area contributed by atoms with Crippen LogP contribution in [0.2, 0.25) is 0 Å². The molecule has 0 saturated carbocycles. The number of hydrogen-bond donors (Lipinski definition) is 3. The molecule has 1 heterocycles. The summed E-state index contributed by atoms with van der Waals surface area (Å²) < 4.78 is 0. The average Bonchev–Trinajstić information content (AvgIpc) is 2.91. The van der Waals surface area contributed by atoms with Gasteiger partial charge in [-0.05, 0) is 49.9 Å². The van der Waals surface area contributed by atoms with Gasteiger partial charge in [0.2, 0.25) is 17.7 Å². The molecule has 8 heteroatoms. The Morgan fingerprint density at radius 2 is 0.917 bits per heavy atom. The molecule has 6 N–H and O–H groups in total. The number of hydrogen-bond acceptors (Lipinski definition) is 4. The van der Waals surface area contributed by atoms with E-state index in [2.05, 4.69) is 0 Å². The zero-order valence-corrected chi connectivity index (χ0v) is 21.8. The Morgan fingerprint density at radius 3 is 1.31 bits per heavy atom. The van der Waals surface area contributed by atoms with Crippen LogP contribution in [0.25, 0.3) is 0 Å². The van der Waals surface area contributed by atoms with Crippen LogP contribution in [0, 0.1) is 0 Å². The third-order valence-electron chi connectivity index (χ3n) is 6.41. The van der Waals surface area contributed by atoms with Gasteiger partial charge in [0.05, 0.1) is 0 Å². The molecule has 0 unspecified atom stereocenters. The van der Waals surface area contributed by atoms with Crippen molar-refractivity contribution in [1.82, 2.24) is 4.90 Å². The summed E-state index contributed by atoms with van der Waals surface area (Å²) in [6.45, 7) is 1.66. The highest BCUT2D eigenvalue weighted by Crippen LogP contribution is 2.15. The van der Waals surface area contributed by atoms with Crippen molar-refractivity contribution in [2.24, 2.45) is 17.2 Å². The van der Waals surface area contributed by atoms with E-state index in [9.17, 15) is 19.2 Å². The molecule has 1 aromatic rings. The highest BCUT2D eigenvalue weighted by atomic mass is 16.2. The lowest BCUT2D eigenvalue weighted by Crippen LogP contribution is -2.33. The first-order valence-electron chi connectivity index (χ1n) is 13.6. The van der Waals surface area contributed by atoms with E-state index in [1.165, 1.54) is 38.5 Å². The number of rotatable bonds is 11. The molecule has 202 valence electrons. The van der Waals surface area contributed by atoms with Crippen molar-refractivity contribution in [2.75, 3.05) is 13.1 Å². The highest BCUT2D eigenvalue weighted by Gasteiger charge is 2.16. The molecule has 1 saturated heterocycles. The monoisotopic (exact) mass is 502 g/mol. The van der Waals surface area contributed by atoms with Crippen LogP contribution in [0.5, 0.6) is 0 Å². The SMILES string of the molecule is NC(=O)CCCCCCCCC(N)=O.NC(=O)c1ccc(C(=O)N2CCCCCCCCCC2)cc1. The van der Waals surface area contributed by atoms with E-state index in [0.717, 1.165) is 64.5 Å². The van der Waals surface area contributed by atoms with Crippen LogP contribution in [0.1, 0.15) is 123 Å². The average molecular weight is 503 g/mol. The second-order valence-corrected chi connectivity index (χ2v) is 9.62. The minimum atomic E-state index is -0.464. The Bertz CT molecular complexity index is 763. The lowest BCUT2D eigenvalue weighted by atomic mass is 10.1. The van der Waals surface area contributed by atoms with Crippen LogP contribution in [-0.4, -0.2) is 41.6 Å². The summed E-state index contributed by atoms with van der Waals surface area (Å²) in [5.74, 6) is -0.845. The molecule has 0 radical (unpaired) electrons. The molecule has 0 bridgehead atoms. The number of unbranched alkanes of at least 4 members (excludes halogenated alkanes) is 5. The number of benzene rings is 1. The molecule has 0 atom stereocenters. The predicted molar refractivity (Wildman–Crippen MR) is 143 cm³/mol. The highest BCUT2D eigenvalue weighted by molar-refractivity contribution is 5.97. The molecule has 0 spiro atoms. The van der Waals surface area contributed by atoms with E-state index >= 15 is 0 Å². The summed E-state index contributed by atoms with van der Waals surface area (Å²) >= 11 is 0. The van der Waals surface area contributed by atoms with Crippen LogP contribution in [-0.2, 0) is 9.59 Å². The van der Waals surface area contributed by atoms with Gasteiger partial charge in [0.15, 0.2) is 0 Å². The molecule has 36 heavy (non-hydrogen) atoms. The van der Waals surface area contributed by atoms with Crippen molar-refractivity contribution in [3.63, 3.8) is 0 Å². The summed E-state index contributed by atoms with van der Waals surface area (Å²) in [5, 5.41) is 0. The van der Waals surface area contributed by atoms with E-state index in [0.29, 0.717) is 24.0 Å². The van der Waals surface area contributed by atoms with Gasteiger partial charge >= 0.3 is 0 Å². The van der Waals surface area contributed by atoms with Crippen LogP contribution < -0.4 is 17.2 Å². The van der Waals surface area contributed by atoms with Gasteiger partial charge in [-0.3, -0.25) is 19.2 Å². The maximum absolute atomic E-state index is 12.6. The van der Waals surface area contributed by atoms with Gasteiger partial charge < -0.3 is 22.1 Å². The number of primary amides is 3. The first kappa shape index (κ1) is 31.1. The fourth-order valence-corrected chi connectivity index (χ4v) is 4.25. The van der Waals surface area contributed by atoms with Crippen molar-refractivity contribution in [2.45, 2.75) is 103 Å². The largest absolute Gasteiger partial charge is 0.370 e. The van der Waals surface area contributed by atoms with Gasteiger partial charge in [-0.2, -0.15) is 0 Å². The first-order valence-corrected chi connectivity index (χ1v) is 13.6. The van der Waals surface area contributed by atoms with E-state index in [1.807, 2.05) is 4.90 Å². The van der Waals surface area contributed by atoms with E-state index in [4.69, 9.17) is 17.2 Å². The third-order valence-corrected chi connectivity index (χ3v) is 6.41. The number of carbonyl (C=O) groups excluding carboxylic acids is 4. The molecular weight excluding hydrogens is 456 g/mol. The quantitative estimate of drug-likeness (QED) is 0.383. The molecule has 0 aromatic heterocycles. The minimum absolute atomic E-state index is 0.0651. The Balaban J connectivity index is 0.000000402. The molecule has 2 rings (SSSR count).